The summed E-state index contributed by atoms with van der Waals surface area (Å²) in [6.45, 7) is 6.58. The highest BCUT2D eigenvalue weighted by molar-refractivity contribution is 6.21. The molecule has 0 unspecified atom stereocenters. The second kappa shape index (κ2) is 6.58. The molecule has 0 aliphatic heterocycles. The van der Waals surface area contributed by atoms with Gasteiger partial charge in [-0.3, -0.25) is 4.99 Å². The molecule has 19 heavy (non-hydrogen) atoms. The molecule has 0 heterocycles. The number of carbonyl (C=O) groups is 1. The van der Waals surface area contributed by atoms with E-state index in [2.05, 4.69) is 9.73 Å². The predicted molar refractivity (Wildman–Crippen MR) is 66.7 cm³/mol. The summed E-state index contributed by atoms with van der Waals surface area (Å²) in [6, 6.07) is 0. The molecule has 0 spiro atoms. The molecule has 0 saturated heterocycles. The van der Waals surface area contributed by atoms with E-state index in [1.807, 2.05) is 0 Å². The van der Waals surface area contributed by atoms with Gasteiger partial charge in [0.05, 0.1) is 6.61 Å². The third kappa shape index (κ3) is 6.26. The summed E-state index contributed by atoms with van der Waals surface area (Å²) < 4.78 is 43.2. The highest BCUT2D eigenvalue weighted by Crippen LogP contribution is 2.24. The Morgan fingerprint density at radius 3 is 2.16 bits per heavy atom. The van der Waals surface area contributed by atoms with Crippen LogP contribution < -0.4 is 5.73 Å². The molecule has 7 heteroatoms. The molecule has 0 rings (SSSR count). The molecule has 4 nitrogen and oxygen atoms in total. The Labute approximate surface area is 110 Å². The average molecular weight is 280 g/mol. The van der Waals surface area contributed by atoms with Crippen LogP contribution in [0.2, 0.25) is 0 Å². The lowest BCUT2D eigenvalue weighted by Gasteiger charge is -2.18. The van der Waals surface area contributed by atoms with E-state index in [1.165, 1.54) is 6.92 Å². The highest BCUT2D eigenvalue weighted by atomic mass is 19.4. The second-order valence-electron chi connectivity index (χ2n) is 5.02. The van der Waals surface area contributed by atoms with Gasteiger partial charge in [0, 0.05) is 12.7 Å². The normalized spacial score (nSPS) is 14.5. The van der Waals surface area contributed by atoms with Crippen molar-refractivity contribution in [1.82, 2.24) is 0 Å². The maximum atomic E-state index is 12.9. The standard InChI is InChI=1S/C12H19F3N2O2/c1-5-19-10(18)8(6-16)9(12(13,14)15)17-7-11(2,3)4/h6H,5,7,16H2,1-4H3. The van der Waals surface area contributed by atoms with Crippen LogP contribution in [0.15, 0.2) is 16.8 Å². The number of esters is 1. The third-order valence-corrected chi connectivity index (χ3v) is 1.90. The van der Waals surface area contributed by atoms with Gasteiger partial charge in [0.1, 0.15) is 5.57 Å². The number of rotatable bonds is 4. The largest absolute Gasteiger partial charge is 0.462 e. The van der Waals surface area contributed by atoms with E-state index in [0.717, 1.165) is 0 Å². The maximum absolute atomic E-state index is 12.9. The number of hydrogen-bond donors (Lipinski definition) is 1. The highest BCUT2D eigenvalue weighted by Gasteiger charge is 2.41. The van der Waals surface area contributed by atoms with E-state index in [0.29, 0.717) is 6.20 Å². The van der Waals surface area contributed by atoms with Crippen molar-refractivity contribution in [1.29, 1.82) is 0 Å². The zero-order valence-electron chi connectivity index (χ0n) is 11.5. The Balaban J connectivity index is 5.43. The molecule has 0 aromatic heterocycles. The van der Waals surface area contributed by atoms with Crippen LogP contribution in [0, 0.1) is 5.41 Å². The van der Waals surface area contributed by atoms with Crippen molar-refractivity contribution >= 4 is 11.7 Å². The van der Waals surface area contributed by atoms with Crippen LogP contribution >= 0.6 is 0 Å². The minimum atomic E-state index is -4.76. The first kappa shape index (κ1) is 17.5. The van der Waals surface area contributed by atoms with E-state index in [-0.39, 0.29) is 13.2 Å². The molecule has 0 aliphatic carbocycles. The monoisotopic (exact) mass is 280 g/mol. The van der Waals surface area contributed by atoms with Gasteiger partial charge >= 0.3 is 12.1 Å². The van der Waals surface area contributed by atoms with Gasteiger partial charge in [0.25, 0.3) is 0 Å². The quantitative estimate of drug-likeness (QED) is 0.488. The molecule has 0 aliphatic rings. The molecular formula is C12H19F3N2O2. The molecule has 2 N–H and O–H groups in total. The van der Waals surface area contributed by atoms with Gasteiger partial charge in [0.2, 0.25) is 0 Å². The van der Waals surface area contributed by atoms with Gasteiger partial charge in [-0.05, 0) is 12.3 Å². The van der Waals surface area contributed by atoms with Gasteiger partial charge in [-0.25, -0.2) is 4.79 Å². The van der Waals surface area contributed by atoms with Crippen molar-refractivity contribution in [3.8, 4) is 0 Å². The topological polar surface area (TPSA) is 64.7 Å². The SMILES string of the molecule is CCOC(=O)C(=CN)C(=NCC(C)(C)C)C(F)(F)F. The van der Waals surface area contributed by atoms with Crippen LogP contribution in [0.1, 0.15) is 27.7 Å². The molecule has 0 aromatic carbocycles. The van der Waals surface area contributed by atoms with Gasteiger partial charge in [0.15, 0.2) is 5.71 Å². The fourth-order valence-corrected chi connectivity index (χ4v) is 1.10. The number of alkyl halides is 3. The fraction of sp³-hybridized carbons (Fsp3) is 0.667. The van der Waals surface area contributed by atoms with Crippen LogP contribution in [0.4, 0.5) is 13.2 Å². The zero-order valence-corrected chi connectivity index (χ0v) is 11.5. The van der Waals surface area contributed by atoms with E-state index >= 15 is 0 Å². The van der Waals surface area contributed by atoms with E-state index in [1.54, 1.807) is 20.8 Å². The van der Waals surface area contributed by atoms with Crippen LogP contribution in [0.5, 0.6) is 0 Å². The molecule has 0 aromatic rings. The number of ether oxygens (including phenoxy) is 1. The Morgan fingerprint density at radius 1 is 1.32 bits per heavy atom. The smallest absolute Gasteiger partial charge is 0.433 e. The molecule has 0 bridgehead atoms. The van der Waals surface area contributed by atoms with E-state index in [4.69, 9.17) is 5.73 Å². The summed E-state index contributed by atoms with van der Waals surface area (Å²) in [5.41, 5.74) is 2.59. The summed E-state index contributed by atoms with van der Waals surface area (Å²) in [4.78, 5) is 14.9. The Hall–Kier alpha value is -1.53. The molecule has 110 valence electrons. The number of carbonyl (C=O) groups excluding carboxylic acids is 1. The van der Waals surface area contributed by atoms with Gasteiger partial charge in [-0.1, -0.05) is 20.8 Å². The van der Waals surface area contributed by atoms with Gasteiger partial charge in [-0.15, -0.1) is 0 Å². The molecular weight excluding hydrogens is 261 g/mol. The van der Waals surface area contributed by atoms with Crippen molar-refractivity contribution in [3.05, 3.63) is 11.8 Å². The number of nitrogens with zero attached hydrogens (tertiary/aromatic N) is 1. The summed E-state index contributed by atoms with van der Waals surface area (Å²) in [5, 5.41) is 0. The van der Waals surface area contributed by atoms with Crippen molar-refractivity contribution in [2.75, 3.05) is 13.2 Å². The van der Waals surface area contributed by atoms with E-state index in [9.17, 15) is 18.0 Å². The molecule has 0 atom stereocenters. The first-order valence-electron chi connectivity index (χ1n) is 5.74. The summed E-state index contributed by atoms with van der Waals surface area (Å²) >= 11 is 0. The second-order valence-corrected chi connectivity index (χ2v) is 5.02. The Morgan fingerprint density at radius 2 is 1.84 bits per heavy atom. The molecule has 0 fully saturated rings. The fourth-order valence-electron chi connectivity index (χ4n) is 1.10. The van der Waals surface area contributed by atoms with Crippen molar-refractivity contribution in [2.24, 2.45) is 16.1 Å². The lowest BCUT2D eigenvalue weighted by Crippen LogP contribution is -2.31. The summed E-state index contributed by atoms with van der Waals surface area (Å²) in [5.74, 6) is -1.13. The van der Waals surface area contributed by atoms with Crippen molar-refractivity contribution in [3.63, 3.8) is 0 Å². The predicted octanol–water partition coefficient (Wildman–Crippen LogP) is 2.44. The van der Waals surface area contributed by atoms with E-state index < -0.39 is 28.8 Å². The molecule has 0 radical (unpaired) electrons. The van der Waals surface area contributed by atoms with Gasteiger partial charge in [-0.2, -0.15) is 13.2 Å². The average Bonchev–Trinajstić information content (AvgIpc) is 2.21. The number of halogens is 3. The third-order valence-electron chi connectivity index (χ3n) is 1.90. The van der Waals surface area contributed by atoms with Crippen molar-refractivity contribution in [2.45, 2.75) is 33.9 Å². The first-order valence-corrected chi connectivity index (χ1v) is 5.74. The Bertz CT molecular complexity index is 379. The molecule has 0 saturated carbocycles. The summed E-state index contributed by atoms with van der Waals surface area (Å²) in [7, 11) is 0. The van der Waals surface area contributed by atoms with Crippen LogP contribution in [-0.4, -0.2) is 31.0 Å². The Kier molecular flexibility index (Phi) is 6.05. The number of hydrogen-bond acceptors (Lipinski definition) is 4. The minimum Gasteiger partial charge on any atom is -0.462 e. The lowest BCUT2D eigenvalue weighted by atomic mass is 9.97. The maximum Gasteiger partial charge on any atom is 0.433 e. The summed E-state index contributed by atoms with van der Waals surface area (Å²) in [6.07, 6.45) is -4.18. The van der Waals surface area contributed by atoms with Crippen LogP contribution in [-0.2, 0) is 9.53 Å². The molecule has 0 amide bonds. The minimum absolute atomic E-state index is 0.0411. The number of aliphatic imine (C=N–C) groups is 1. The van der Waals surface area contributed by atoms with Crippen LogP contribution in [0.3, 0.4) is 0 Å². The lowest BCUT2D eigenvalue weighted by molar-refractivity contribution is -0.138. The van der Waals surface area contributed by atoms with Crippen LogP contribution in [0.25, 0.3) is 0 Å². The zero-order chi connectivity index (χ0) is 15.3. The van der Waals surface area contributed by atoms with Gasteiger partial charge < -0.3 is 10.5 Å². The van der Waals surface area contributed by atoms with Crippen molar-refractivity contribution < 1.29 is 22.7 Å². The first-order chi connectivity index (χ1) is 8.53. The number of nitrogens with two attached hydrogens (primary N) is 1.